The SMILES string of the molecule is CCC1=c2ccc3c(CC)[c-]cc[c-]c(CC)c4ccc5c=4[c-](c2=3)C2C1=CC=C2C=5CC.[K+]. The Morgan fingerprint density at radius 2 is 1.06 bits per heavy atom. The van der Waals surface area contributed by atoms with Crippen molar-refractivity contribution < 1.29 is 51.4 Å². The third-order valence-corrected chi connectivity index (χ3v) is 7.81. The van der Waals surface area contributed by atoms with Crippen LogP contribution in [0.2, 0.25) is 0 Å². The molecule has 0 spiro atoms. The summed E-state index contributed by atoms with van der Waals surface area (Å²) in [6.07, 6.45) is 8.92. The van der Waals surface area contributed by atoms with Gasteiger partial charge in [0.15, 0.2) is 0 Å². The van der Waals surface area contributed by atoms with E-state index < -0.39 is 0 Å². The summed E-state index contributed by atoms with van der Waals surface area (Å²) < 4.78 is 0. The van der Waals surface area contributed by atoms with Crippen molar-refractivity contribution >= 4 is 11.1 Å². The predicted octanol–water partition coefficient (Wildman–Crippen LogP) is 2.81. The van der Waals surface area contributed by atoms with Crippen LogP contribution in [-0.2, 0) is 12.8 Å². The van der Waals surface area contributed by atoms with Gasteiger partial charge in [0, 0.05) is 5.92 Å². The fourth-order valence-corrected chi connectivity index (χ4v) is 6.48. The van der Waals surface area contributed by atoms with Gasteiger partial charge in [-0.05, 0) is 36.8 Å². The quantitative estimate of drug-likeness (QED) is 0.422. The first kappa shape index (κ1) is 23.4. The Bertz CT molecular complexity index is 1530. The smallest absolute Gasteiger partial charge is 0.274 e. The van der Waals surface area contributed by atoms with Crippen molar-refractivity contribution in [2.24, 2.45) is 0 Å². The molecule has 0 fully saturated rings. The van der Waals surface area contributed by atoms with Gasteiger partial charge in [-0.3, -0.25) is 12.1 Å². The summed E-state index contributed by atoms with van der Waals surface area (Å²) in [5.74, 6) is 0.368. The van der Waals surface area contributed by atoms with Crippen molar-refractivity contribution in [3.63, 3.8) is 0 Å². The molecule has 0 heterocycles. The molecule has 0 aromatic heterocycles. The Morgan fingerprint density at radius 3 is 1.45 bits per heavy atom. The van der Waals surface area contributed by atoms with E-state index in [1.165, 1.54) is 70.3 Å². The molecule has 0 aromatic rings. The molecule has 0 aromatic carbocycles. The van der Waals surface area contributed by atoms with Crippen molar-refractivity contribution in [3.05, 3.63) is 120 Å². The van der Waals surface area contributed by atoms with Gasteiger partial charge < -0.3 is 0 Å². The van der Waals surface area contributed by atoms with E-state index >= 15 is 0 Å². The van der Waals surface area contributed by atoms with E-state index in [4.69, 9.17) is 0 Å². The molecule has 1 heteroatoms. The van der Waals surface area contributed by atoms with Gasteiger partial charge in [-0.1, -0.05) is 102 Å². The normalized spacial score (nSPS) is 15.6. The Balaban J connectivity index is 0.00000228. The number of hydrogen-bond donors (Lipinski definition) is 0. The maximum Gasteiger partial charge on any atom is 1.00 e. The number of allylic oxidation sites excluding steroid dienone is 4. The molecule has 0 nitrogen and oxygen atoms in total. The second-order valence-corrected chi connectivity index (χ2v) is 9.11. The first-order valence-corrected chi connectivity index (χ1v) is 12.3. The molecule has 0 amide bonds. The van der Waals surface area contributed by atoms with Crippen LogP contribution in [0.4, 0.5) is 0 Å². The third-order valence-electron chi connectivity index (χ3n) is 7.81. The van der Waals surface area contributed by atoms with Gasteiger partial charge >= 0.3 is 51.4 Å². The van der Waals surface area contributed by atoms with Gasteiger partial charge in [-0.15, -0.1) is 21.6 Å². The molecule has 0 saturated heterocycles. The molecule has 0 unspecified atom stereocenters. The van der Waals surface area contributed by atoms with E-state index in [1.807, 2.05) is 0 Å². The minimum absolute atomic E-state index is 0. The maximum absolute atomic E-state index is 3.61. The summed E-state index contributed by atoms with van der Waals surface area (Å²) in [6, 6.07) is 20.8. The number of aryl methyl sites for hydroxylation is 2. The van der Waals surface area contributed by atoms with Crippen LogP contribution in [-0.4, -0.2) is 0 Å². The summed E-state index contributed by atoms with van der Waals surface area (Å²) in [5.41, 5.74) is 10.2. The largest absolute Gasteiger partial charge is 1.00 e. The summed E-state index contributed by atoms with van der Waals surface area (Å²) in [6.45, 7) is 9.13. The first-order chi connectivity index (χ1) is 15.7. The topological polar surface area (TPSA) is 0 Å². The average molecular weight is 453 g/mol. The second kappa shape index (κ2) is 9.02. The Hall–Kier alpha value is -1.35. The molecular formula is C32H29K-2. The van der Waals surface area contributed by atoms with Gasteiger partial charge in [0.1, 0.15) is 0 Å². The fraction of sp³-hybridized carbons (Fsp3) is 0.281. The van der Waals surface area contributed by atoms with Gasteiger partial charge in [-0.2, -0.15) is 0 Å². The van der Waals surface area contributed by atoms with Crippen LogP contribution in [0.25, 0.3) is 11.1 Å². The zero-order chi connectivity index (χ0) is 22.0. The van der Waals surface area contributed by atoms with E-state index in [9.17, 15) is 0 Å². The Labute approximate surface area is 239 Å². The zero-order valence-corrected chi connectivity index (χ0v) is 23.6. The van der Waals surface area contributed by atoms with Gasteiger partial charge in [0.05, 0.1) is 0 Å². The molecule has 0 N–H and O–H groups in total. The molecule has 33 heavy (non-hydrogen) atoms. The van der Waals surface area contributed by atoms with E-state index in [0.717, 1.165) is 25.7 Å². The molecule has 6 rings (SSSR count). The first-order valence-electron chi connectivity index (χ1n) is 12.3. The third kappa shape index (κ3) is 3.20. The Morgan fingerprint density at radius 1 is 0.636 bits per heavy atom. The van der Waals surface area contributed by atoms with Crippen LogP contribution in [0.1, 0.15) is 63.1 Å². The van der Waals surface area contributed by atoms with Crippen molar-refractivity contribution in [1.29, 1.82) is 0 Å². The van der Waals surface area contributed by atoms with Crippen LogP contribution in [0, 0.1) is 33.0 Å². The molecular weight excluding hydrogens is 423 g/mol. The van der Waals surface area contributed by atoms with Crippen LogP contribution in [0.15, 0.2) is 59.7 Å². The minimum atomic E-state index is 0. The van der Waals surface area contributed by atoms with E-state index in [-0.39, 0.29) is 51.4 Å². The molecule has 160 valence electrons. The van der Waals surface area contributed by atoms with Crippen molar-refractivity contribution in [3.8, 4) is 0 Å². The van der Waals surface area contributed by atoms with Gasteiger partial charge in [-0.25, -0.2) is 12.1 Å². The van der Waals surface area contributed by atoms with Crippen molar-refractivity contribution in [2.75, 3.05) is 0 Å². The van der Waals surface area contributed by atoms with E-state index in [1.54, 1.807) is 0 Å². The van der Waals surface area contributed by atoms with Crippen molar-refractivity contribution in [2.45, 2.75) is 59.3 Å². The summed E-state index contributed by atoms with van der Waals surface area (Å²) >= 11 is 0. The molecule has 0 bridgehead atoms. The van der Waals surface area contributed by atoms with E-state index in [0.29, 0.717) is 5.92 Å². The second-order valence-electron chi connectivity index (χ2n) is 9.11. The molecule has 6 aliphatic carbocycles. The Kier molecular flexibility index (Phi) is 6.39. The predicted molar refractivity (Wildman–Crippen MR) is 132 cm³/mol. The number of hydrogen-bond acceptors (Lipinski definition) is 0. The average Bonchev–Trinajstić information content (AvgIpc) is 3.54. The zero-order valence-electron chi connectivity index (χ0n) is 20.5. The van der Waals surface area contributed by atoms with Crippen LogP contribution < -0.4 is 61.8 Å². The number of rotatable bonds is 4. The summed E-state index contributed by atoms with van der Waals surface area (Å²) in [5, 5.41) is 8.56. The van der Waals surface area contributed by atoms with Gasteiger partial charge in [0.2, 0.25) is 0 Å². The standard InChI is InChI=1S/C32H29.K/c1-5-19-11-9-10-12-20(6-2)24-14-16-26-22(8-4)28-18-17-27-21(7-3)25-15-13-23(19)29(25)32(30(24)26)31(27)28;/h9-10,13-18,31H,5-8H2,1-4H3;/q-3;+1. The van der Waals surface area contributed by atoms with Gasteiger partial charge in [0.25, 0.3) is 0 Å². The summed E-state index contributed by atoms with van der Waals surface area (Å²) in [7, 11) is 0. The maximum atomic E-state index is 3.61. The fourth-order valence-electron chi connectivity index (χ4n) is 6.48. The van der Waals surface area contributed by atoms with E-state index in [2.05, 4.69) is 88.4 Å². The molecule has 0 radical (unpaired) electrons. The van der Waals surface area contributed by atoms with Crippen LogP contribution in [0.3, 0.4) is 0 Å². The minimum Gasteiger partial charge on any atom is -0.274 e. The van der Waals surface area contributed by atoms with Crippen LogP contribution in [0.5, 0.6) is 0 Å². The summed E-state index contributed by atoms with van der Waals surface area (Å²) in [4.78, 5) is 0. The van der Waals surface area contributed by atoms with Crippen LogP contribution >= 0.6 is 0 Å². The molecule has 0 atom stereocenters. The molecule has 0 saturated carbocycles. The molecule has 0 aliphatic heterocycles. The van der Waals surface area contributed by atoms with Crippen molar-refractivity contribution in [1.82, 2.24) is 0 Å². The monoisotopic (exact) mass is 452 g/mol. The molecule has 6 aliphatic rings.